The number of benzene rings is 1. The summed E-state index contributed by atoms with van der Waals surface area (Å²) in [4.78, 5) is 0. The van der Waals surface area contributed by atoms with E-state index in [1.807, 2.05) is 0 Å². The first kappa shape index (κ1) is 9.10. The van der Waals surface area contributed by atoms with Crippen molar-refractivity contribution in [1.29, 1.82) is 0 Å². The molecule has 0 saturated heterocycles. The van der Waals surface area contributed by atoms with Gasteiger partial charge < -0.3 is 0 Å². The van der Waals surface area contributed by atoms with Crippen LogP contribution >= 0.6 is 0 Å². The maximum Gasteiger partial charge on any atom is 0.275 e. The number of hydrogen-bond acceptors (Lipinski definition) is 0. The largest absolute Gasteiger partial charge is 0.275 e. The van der Waals surface area contributed by atoms with Crippen LogP contribution in [0.15, 0.2) is 24.3 Å². The van der Waals surface area contributed by atoms with Crippen molar-refractivity contribution in [3.8, 4) is 0 Å². The maximum absolute atomic E-state index is 12.9. The Labute approximate surface area is 69.0 Å². The molecule has 0 heterocycles. The van der Waals surface area contributed by atoms with E-state index in [9.17, 15) is 13.2 Å². The number of hydrogen-bond donors (Lipinski definition) is 0. The van der Waals surface area contributed by atoms with Crippen LogP contribution in [0.2, 0.25) is 0 Å². The van der Waals surface area contributed by atoms with Crippen molar-refractivity contribution in [2.24, 2.45) is 0 Å². The molecule has 65 valence electrons. The van der Waals surface area contributed by atoms with Gasteiger partial charge in [-0.1, -0.05) is 24.3 Å². The van der Waals surface area contributed by atoms with E-state index in [1.54, 1.807) is 0 Å². The van der Waals surface area contributed by atoms with Crippen LogP contribution in [0.4, 0.5) is 13.2 Å². The minimum absolute atomic E-state index is 0.154. The molecular formula is C9H8F3. The maximum atomic E-state index is 12.9. The molecule has 1 radical (unpaired) electrons. The fraction of sp³-hybridized carbons (Fsp3) is 0.333. The molecule has 0 fully saturated rings. The second kappa shape index (κ2) is 3.61. The summed E-state index contributed by atoms with van der Waals surface area (Å²) in [5, 5.41) is 0. The van der Waals surface area contributed by atoms with Gasteiger partial charge in [-0.3, -0.25) is 4.39 Å². The highest BCUT2D eigenvalue weighted by Gasteiger charge is 2.30. The topological polar surface area (TPSA) is 0 Å². The van der Waals surface area contributed by atoms with E-state index in [4.69, 9.17) is 0 Å². The lowest BCUT2D eigenvalue weighted by Crippen LogP contribution is -2.13. The van der Waals surface area contributed by atoms with Gasteiger partial charge in [-0.15, -0.1) is 0 Å². The van der Waals surface area contributed by atoms with E-state index in [0.717, 1.165) is 0 Å². The lowest BCUT2D eigenvalue weighted by molar-refractivity contribution is -0.0188. The molecule has 3 heteroatoms. The summed E-state index contributed by atoms with van der Waals surface area (Å²) in [5.41, 5.74) is -0.154. The van der Waals surface area contributed by atoms with Crippen molar-refractivity contribution < 1.29 is 13.2 Å². The highest BCUT2D eigenvalue weighted by molar-refractivity contribution is 5.19. The van der Waals surface area contributed by atoms with Crippen LogP contribution in [0.5, 0.6) is 0 Å². The van der Waals surface area contributed by atoms with E-state index in [0.29, 0.717) is 0 Å². The molecule has 0 atom stereocenters. The van der Waals surface area contributed by atoms with E-state index >= 15 is 0 Å². The van der Waals surface area contributed by atoms with Crippen molar-refractivity contribution in [3.05, 3.63) is 35.9 Å². The van der Waals surface area contributed by atoms with Gasteiger partial charge in [-0.2, -0.15) is 0 Å². The average Bonchev–Trinajstić information content (AvgIpc) is 2.06. The molecule has 0 unspecified atom stereocenters. The summed E-state index contributed by atoms with van der Waals surface area (Å²) < 4.78 is 37.5. The minimum Gasteiger partial charge on any atom is -0.251 e. The molecule has 0 aliphatic rings. The van der Waals surface area contributed by atoms with Gasteiger partial charge in [0.1, 0.15) is 0 Å². The predicted molar refractivity (Wildman–Crippen MR) is 39.8 cm³/mol. The fourth-order valence-corrected chi connectivity index (χ4v) is 0.894. The van der Waals surface area contributed by atoms with Crippen LogP contribution < -0.4 is 0 Å². The lowest BCUT2D eigenvalue weighted by Gasteiger charge is -2.13. The molecule has 12 heavy (non-hydrogen) atoms. The molecule has 0 spiro atoms. The molecular weight excluding hydrogens is 165 g/mol. The quantitative estimate of drug-likeness (QED) is 0.659. The summed E-state index contributed by atoms with van der Waals surface area (Å²) in [6, 6.07) is 7.89. The van der Waals surface area contributed by atoms with Gasteiger partial charge in [0.05, 0.1) is 6.67 Å². The highest BCUT2D eigenvalue weighted by Crippen LogP contribution is 2.30. The fourth-order valence-electron chi connectivity index (χ4n) is 0.894. The van der Waals surface area contributed by atoms with Gasteiger partial charge in [0.15, 0.2) is 0 Å². The molecule has 0 saturated carbocycles. The third-order valence-electron chi connectivity index (χ3n) is 1.55. The van der Waals surface area contributed by atoms with Crippen LogP contribution in [-0.4, -0.2) is 6.67 Å². The molecule has 0 aliphatic carbocycles. The van der Waals surface area contributed by atoms with Crippen molar-refractivity contribution in [2.75, 3.05) is 6.67 Å². The second-order valence-corrected chi connectivity index (χ2v) is 2.43. The molecule has 1 rings (SSSR count). The van der Waals surface area contributed by atoms with Gasteiger partial charge in [0.2, 0.25) is 0 Å². The normalized spacial score (nSPS) is 11.6. The monoisotopic (exact) mass is 173 g/mol. The Hall–Kier alpha value is -0.990. The minimum atomic E-state index is -3.05. The second-order valence-electron chi connectivity index (χ2n) is 2.43. The van der Waals surface area contributed by atoms with Gasteiger partial charge in [0.25, 0.3) is 5.92 Å². The van der Waals surface area contributed by atoms with Crippen LogP contribution in [0, 0.1) is 6.07 Å². The zero-order valence-corrected chi connectivity index (χ0v) is 6.36. The van der Waals surface area contributed by atoms with Gasteiger partial charge in [-0.25, -0.2) is 8.78 Å². The van der Waals surface area contributed by atoms with Gasteiger partial charge in [-0.05, 0) is 6.07 Å². The Morgan fingerprint density at radius 2 is 1.83 bits per heavy atom. The van der Waals surface area contributed by atoms with Gasteiger partial charge >= 0.3 is 0 Å². The highest BCUT2D eigenvalue weighted by atomic mass is 19.3. The first-order valence-corrected chi connectivity index (χ1v) is 3.57. The SMILES string of the molecule is FCCC(F)(F)c1cc[c]cc1. The number of alkyl halides is 3. The molecule has 0 nitrogen and oxygen atoms in total. The smallest absolute Gasteiger partial charge is 0.251 e. The van der Waals surface area contributed by atoms with Crippen molar-refractivity contribution >= 4 is 0 Å². The molecule has 0 aliphatic heterocycles. The first-order chi connectivity index (χ1) is 5.67. The Kier molecular flexibility index (Phi) is 2.74. The molecule has 1 aromatic carbocycles. The summed E-state index contributed by atoms with van der Waals surface area (Å²) in [6.45, 7) is -1.01. The van der Waals surface area contributed by atoms with Crippen LogP contribution in [-0.2, 0) is 5.92 Å². The molecule has 0 bridgehead atoms. The van der Waals surface area contributed by atoms with Crippen LogP contribution in [0.1, 0.15) is 12.0 Å². The molecule has 1 aromatic rings. The Morgan fingerprint density at radius 1 is 1.25 bits per heavy atom. The van der Waals surface area contributed by atoms with E-state index in [2.05, 4.69) is 6.07 Å². The van der Waals surface area contributed by atoms with Crippen LogP contribution in [0.25, 0.3) is 0 Å². The van der Waals surface area contributed by atoms with E-state index < -0.39 is 19.0 Å². The summed E-state index contributed by atoms with van der Waals surface area (Å²) in [5.74, 6) is -3.05. The van der Waals surface area contributed by atoms with Crippen molar-refractivity contribution in [3.63, 3.8) is 0 Å². The molecule has 0 aromatic heterocycles. The third kappa shape index (κ3) is 2.00. The summed E-state index contributed by atoms with van der Waals surface area (Å²) >= 11 is 0. The van der Waals surface area contributed by atoms with Crippen molar-refractivity contribution in [1.82, 2.24) is 0 Å². The predicted octanol–water partition coefficient (Wildman–Crippen LogP) is 2.94. The number of rotatable bonds is 3. The molecule has 0 N–H and O–H groups in total. The summed E-state index contributed by atoms with van der Waals surface area (Å²) in [7, 11) is 0. The Morgan fingerprint density at radius 3 is 2.33 bits per heavy atom. The van der Waals surface area contributed by atoms with E-state index in [-0.39, 0.29) is 5.56 Å². The standard InChI is InChI=1S/C9H8F3/c10-7-6-9(11,12)8-4-2-1-3-5-8/h2-5H,6-7H2. The molecule has 0 amide bonds. The Balaban J connectivity index is 2.82. The van der Waals surface area contributed by atoms with E-state index in [1.165, 1.54) is 24.3 Å². The Bertz CT molecular complexity index is 231. The number of halogens is 3. The average molecular weight is 173 g/mol. The van der Waals surface area contributed by atoms with Gasteiger partial charge in [0, 0.05) is 12.0 Å². The third-order valence-corrected chi connectivity index (χ3v) is 1.55. The first-order valence-electron chi connectivity index (χ1n) is 3.57. The zero-order valence-electron chi connectivity index (χ0n) is 6.36. The lowest BCUT2D eigenvalue weighted by atomic mass is 10.1. The van der Waals surface area contributed by atoms with Crippen LogP contribution in [0.3, 0.4) is 0 Å². The van der Waals surface area contributed by atoms with Crippen molar-refractivity contribution in [2.45, 2.75) is 12.3 Å². The summed E-state index contributed by atoms with van der Waals surface area (Å²) in [6.07, 6.45) is -0.753. The zero-order chi connectivity index (χ0) is 9.03.